The molecule has 28 heavy (non-hydrogen) atoms. The highest BCUT2D eigenvalue weighted by Gasteiger charge is 2.83. The van der Waals surface area contributed by atoms with Gasteiger partial charge in [0.2, 0.25) is 0 Å². The molecule has 4 aliphatic rings. The van der Waals surface area contributed by atoms with E-state index in [4.69, 9.17) is 19.3 Å². The van der Waals surface area contributed by atoms with Crippen LogP contribution in [-0.2, 0) is 28.6 Å². The third kappa shape index (κ3) is 2.24. The van der Waals surface area contributed by atoms with Crippen LogP contribution < -0.4 is 0 Å². The first-order valence-corrected chi connectivity index (χ1v) is 9.35. The monoisotopic (exact) mass is 396 g/mol. The Morgan fingerprint density at radius 2 is 2.04 bits per heavy atom. The van der Waals surface area contributed by atoms with Gasteiger partial charge in [0.05, 0.1) is 37.6 Å². The smallest absolute Gasteiger partial charge is 0.306 e. The highest BCUT2D eigenvalue weighted by Crippen LogP contribution is 2.71. The van der Waals surface area contributed by atoms with Crippen LogP contribution in [0.25, 0.3) is 0 Å². The quantitative estimate of drug-likeness (QED) is 0.417. The molecule has 0 aromatic heterocycles. The molecule has 9 nitrogen and oxygen atoms in total. The van der Waals surface area contributed by atoms with Crippen LogP contribution in [0.5, 0.6) is 0 Å². The first-order chi connectivity index (χ1) is 13.1. The molecule has 2 bridgehead atoms. The summed E-state index contributed by atoms with van der Waals surface area (Å²) in [5.74, 6) is -2.22. The lowest BCUT2D eigenvalue weighted by molar-refractivity contribution is -0.245. The topological polar surface area (TPSA) is 143 Å². The summed E-state index contributed by atoms with van der Waals surface area (Å²) in [6.45, 7) is 3.22. The van der Waals surface area contributed by atoms with Gasteiger partial charge in [-0.2, -0.15) is 0 Å². The Kier molecular flexibility index (Phi) is 4.24. The first kappa shape index (κ1) is 19.5. The van der Waals surface area contributed by atoms with Gasteiger partial charge in [-0.05, 0) is 25.0 Å². The van der Waals surface area contributed by atoms with Crippen molar-refractivity contribution in [1.82, 2.24) is 0 Å². The van der Waals surface area contributed by atoms with E-state index in [1.165, 1.54) is 0 Å². The van der Waals surface area contributed by atoms with Gasteiger partial charge in [-0.3, -0.25) is 14.4 Å². The zero-order valence-electron chi connectivity index (χ0n) is 15.7. The van der Waals surface area contributed by atoms with E-state index in [2.05, 4.69) is 0 Å². The minimum atomic E-state index is -1.47. The van der Waals surface area contributed by atoms with E-state index in [1.807, 2.05) is 6.92 Å². The third-order valence-corrected chi connectivity index (χ3v) is 7.24. The Labute approximate surface area is 161 Å². The van der Waals surface area contributed by atoms with Crippen LogP contribution in [0.15, 0.2) is 11.6 Å². The Hall–Kier alpha value is -1.81. The van der Waals surface area contributed by atoms with E-state index in [0.29, 0.717) is 12.2 Å². The predicted molar refractivity (Wildman–Crippen MR) is 91.1 cm³/mol. The van der Waals surface area contributed by atoms with Crippen molar-refractivity contribution in [3.63, 3.8) is 0 Å². The molecule has 7 atom stereocenters. The van der Waals surface area contributed by atoms with E-state index in [-0.39, 0.29) is 19.3 Å². The number of aliphatic hydroxyl groups is 2. The van der Waals surface area contributed by atoms with Gasteiger partial charge in [-0.25, -0.2) is 0 Å². The van der Waals surface area contributed by atoms with Gasteiger partial charge in [-0.15, -0.1) is 0 Å². The fraction of sp³-hybridized carbons (Fsp3) is 0.737. The van der Waals surface area contributed by atoms with Gasteiger partial charge in [0, 0.05) is 5.41 Å². The number of carbonyl (C=O) groups excluding carboxylic acids is 2. The number of esters is 1. The Bertz CT molecular complexity index is 769. The van der Waals surface area contributed by atoms with E-state index in [1.54, 1.807) is 13.0 Å². The third-order valence-electron chi connectivity index (χ3n) is 7.24. The number of ether oxygens (including phenoxy) is 3. The molecule has 4 rings (SSSR count). The summed E-state index contributed by atoms with van der Waals surface area (Å²) in [7, 11) is 0. The number of epoxide rings is 1. The molecule has 0 aromatic carbocycles. The van der Waals surface area contributed by atoms with Crippen molar-refractivity contribution in [3.05, 3.63) is 11.6 Å². The van der Waals surface area contributed by atoms with Crippen molar-refractivity contribution in [2.24, 2.45) is 10.8 Å². The Morgan fingerprint density at radius 1 is 1.36 bits per heavy atom. The summed E-state index contributed by atoms with van der Waals surface area (Å²) in [4.78, 5) is 35.3. The summed E-state index contributed by atoms with van der Waals surface area (Å²) >= 11 is 0. The van der Waals surface area contributed by atoms with Crippen molar-refractivity contribution in [3.8, 4) is 0 Å². The maximum absolute atomic E-state index is 12.5. The molecular weight excluding hydrogens is 372 g/mol. The van der Waals surface area contributed by atoms with E-state index in [0.717, 1.165) is 0 Å². The van der Waals surface area contributed by atoms with Gasteiger partial charge in [0.25, 0.3) is 0 Å². The Balaban J connectivity index is 1.69. The van der Waals surface area contributed by atoms with E-state index >= 15 is 0 Å². The van der Waals surface area contributed by atoms with Crippen molar-refractivity contribution >= 4 is 17.7 Å². The minimum Gasteiger partial charge on any atom is -0.481 e. The molecule has 1 saturated carbocycles. The standard InChI is InChI=1S/C19H24O9/c1-9-5-11-18(7-20,15(25)14(9)24)17(2)6-10(16(28-11)19(17)8-26-19)27-13(23)4-3-12(21)22/h5,10-11,15-16,20,25H,3-4,6-8H2,1-2H3,(H,21,22)/t10-,11-,15-,16-,17-,18-,19?/m1/s1. The van der Waals surface area contributed by atoms with Crippen LogP contribution in [-0.4, -0.2) is 76.3 Å². The lowest BCUT2D eigenvalue weighted by Gasteiger charge is -2.58. The lowest BCUT2D eigenvalue weighted by Crippen LogP contribution is -2.70. The number of carboxylic acids is 1. The number of ketones is 1. The van der Waals surface area contributed by atoms with Crippen LogP contribution >= 0.6 is 0 Å². The second kappa shape index (κ2) is 6.09. The number of hydrogen-bond donors (Lipinski definition) is 3. The van der Waals surface area contributed by atoms with E-state index in [9.17, 15) is 24.6 Å². The number of rotatable bonds is 5. The van der Waals surface area contributed by atoms with Crippen molar-refractivity contribution < 1.29 is 43.9 Å². The number of carbonyl (C=O) groups is 3. The number of aliphatic hydroxyl groups excluding tert-OH is 2. The summed E-state index contributed by atoms with van der Waals surface area (Å²) < 4.78 is 17.5. The summed E-state index contributed by atoms with van der Waals surface area (Å²) in [5.41, 5.74) is -2.72. The lowest BCUT2D eigenvalue weighted by atomic mass is 9.50. The molecule has 0 aromatic rings. The van der Waals surface area contributed by atoms with Crippen LogP contribution in [0, 0.1) is 10.8 Å². The summed E-state index contributed by atoms with van der Waals surface area (Å²) in [6.07, 6.45) is -2.32. The first-order valence-electron chi connectivity index (χ1n) is 9.35. The molecule has 3 fully saturated rings. The average molecular weight is 396 g/mol. The maximum atomic E-state index is 12.5. The Morgan fingerprint density at radius 3 is 2.61 bits per heavy atom. The molecule has 2 aliphatic heterocycles. The maximum Gasteiger partial charge on any atom is 0.306 e. The second-order valence-electron chi connectivity index (χ2n) is 8.43. The van der Waals surface area contributed by atoms with Gasteiger partial charge in [0.1, 0.15) is 23.9 Å². The molecular formula is C19H24O9. The SMILES string of the molecule is CC1=C[C@H]2O[C@@H]3[C@H](OC(=O)CCC(=O)O)C[C@@](C)(C34CO4)[C@@]2(CO)[C@H](O)C1=O. The molecule has 9 heteroatoms. The molecule has 1 spiro atoms. The highest BCUT2D eigenvalue weighted by atomic mass is 16.7. The fourth-order valence-electron chi connectivity index (χ4n) is 5.53. The van der Waals surface area contributed by atoms with Gasteiger partial charge < -0.3 is 29.5 Å². The van der Waals surface area contributed by atoms with Crippen LogP contribution in [0.2, 0.25) is 0 Å². The van der Waals surface area contributed by atoms with Crippen LogP contribution in [0.3, 0.4) is 0 Å². The second-order valence-corrected chi connectivity index (χ2v) is 8.43. The summed E-state index contributed by atoms with van der Waals surface area (Å²) in [6, 6.07) is 0. The average Bonchev–Trinajstić information content (AvgIpc) is 3.40. The van der Waals surface area contributed by atoms with Gasteiger partial charge in [0.15, 0.2) is 5.78 Å². The molecule has 0 radical (unpaired) electrons. The highest BCUT2D eigenvalue weighted by molar-refractivity contribution is 6.00. The normalized spacial score (nSPS) is 46.1. The van der Waals surface area contributed by atoms with E-state index < -0.39 is 65.2 Å². The zero-order chi connectivity index (χ0) is 20.5. The number of fused-ring (bicyclic) bond motifs is 2. The molecule has 0 amide bonds. The molecule has 2 aliphatic carbocycles. The largest absolute Gasteiger partial charge is 0.481 e. The van der Waals surface area contributed by atoms with Crippen molar-refractivity contribution in [2.75, 3.05) is 13.2 Å². The summed E-state index contributed by atoms with van der Waals surface area (Å²) in [5, 5.41) is 30.0. The molecule has 154 valence electrons. The van der Waals surface area contributed by atoms with Crippen LogP contribution in [0.1, 0.15) is 33.1 Å². The fourth-order valence-corrected chi connectivity index (χ4v) is 5.53. The molecule has 3 N–H and O–H groups in total. The number of hydrogen-bond acceptors (Lipinski definition) is 8. The van der Waals surface area contributed by atoms with Crippen molar-refractivity contribution in [1.29, 1.82) is 0 Å². The zero-order valence-corrected chi connectivity index (χ0v) is 15.7. The minimum absolute atomic E-state index is 0.227. The van der Waals surface area contributed by atoms with Crippen LogP contribution in [0.4, 0.5) is 0 Å². The number of carboxylic acid groups (broad SMARTS) is 1. The van der Waals surface area contributed by atoms with Gasteiger partial charge >= 0.3 is 11.9 Å². The van der Waals surface area contributed by atoms with Gasteiger partial charge in [-0.1, -0.05) is 6.92 Å². The molecule has 1 unspecified atom stereocenters. The number of Topliss-reactive ketones (excluding diaryl/α,β-unsaturated/α-hetero) is 1. The number of aliphatic carboxylic acids is 1. The molecule has 2 saturated heterocycles. The van der Waals surface area contributed by atoms with Crippen molar-refractivity contribution in [2.45, 2.75) is 63.1 Å². The predicted octanol–water partition coefficient (Wildman–Crippen LogP) is -0.422. The molecule has 2 heterocycles.